The number of nitrogens with zero attached hydrogens (tertiary/aromatic N) is 2. The first kappa shape index (κ1) is 16.2. The lowest BCUT2D eigenvalue weighted by Crippen LogP contribution is -2.21. The molecule has 2 aromatic carbocycles. The molecule has 1 heterocycles. The molecule has 0 unspecified atom stereocenters. The van der Waals surface area contributed by atoms with Crippen LogP contribution in [0.5, 0.6) is 5.75 Å². The van der Waals surface area contributed by atoms with E-state index >= 15 is 0 Å². The summed E-state index contributed by atoms with van der Waals surface area (Å²) >= 11 is 0. The van der Waals surface area contributed by atoms with Gasteiger partial charge in [0.05, 0.1) is 23.8 Å². The highest BCUT2D eigenvalue weighted by molar-refractivity contribution is 5.77. The zero-order chi connectivity index (χ0) is 17.1. The maximum absolute atomic E-state index is 13.2. The molecule has 0 aliphatic rings. The summed E-state index contributed by atoms with van der Waals surface area (Å²) < 4.78 is 20.5. The summed E-state index contributed by atoms with van der Waals surface area (Å²) in [5, 5.41) is 0.425. The SMILES string of the molecule is Cc1ccc(C)c(OCCCn2cnc3cc(F)ccc3c2=O)c1. The molecule has 0 amide bonds. The maximum Gasteiger partial charge on any atom is 0.261 e. The number of rotatable bonds is 5. The van der Waals surface area contributed by atoms with Gasteiger partial charge in [-0.1, -0.05) is 12.1 Å². The van der Waals surface area contributed by atoms with Gasteiger partial charge in [-0.2, -0.15) is 0 Å². The number of benzene rings is 2. The van der Waals surface area contributed by atoms with Gasteiger partial charge < -0.3 is 4.74 Å². The van der Waals surface area contributed by atoms with Crippen molar-refractivity contribution in [3.05, 3.63) is 70.0 Å². The van der Waals surface area contributed by atoms with Crippen molar-refractivity contribution in [2.24, 2.45) is 0 Å². The van der Waals surface area contributed by atoms with Crippen molar-refractivity contribution in [1.29, 1.82) is 0 Å². The topological polar surface area (TPSA) is 44.1 Å². The molecular formula is C19H19FN2O2. The summed E-state index contributed by atoms with van der Waals surface area (Å²) in [7, 11) is 0. The lowest BCUT2D eigenvalue weighted by atomic mass is 10.1. The zero-order valence-corrected chi connectivity index (χ0v) is 13.8. The number of halogens is 1. The standard InChI is InChI=1S/C19H19FN2O2/c1-13-4-5-14(2)18(10-13)24-9-3-8-22-12-21-17-11-15(20)6-7-16(17)19(22)23/h4-7,10-12H,3,8-9H2,1-2H3. The minimum absolute atomic E-state index is 0.160. The molecule has 0 aliphatic carbocycles. The molecule has 0 spiro atoms. The average Bonchev–Trinajstić information content (AvgIpc) is 2.56. The summed E-state index contributed by atoms with van der Waals surface area (Å²) in [5.74, 6) is 0.475. The minimum Gasteiger partial charge on any atom is -0.493 e. The van der Waals surface area contributed by atoms with E-state index in [-0.39, 0.29) is 5.56 Å². The highest BCUT2D eigenvalue weighted by atomic mass is 19.1. The van der Waals surface area contributed by atoms with E-state index in [1.165, 1.54) is 29.1 Å². The van der Waals surface area contributed by atoms with E-state index in [0.29, 0.717) is 30.5 Å². The molecule has 0 saturated heterocycles. The zero-order valence-electron chi connectivity index (χ0n) is 13.8. The molecule has 24 heavy (non-hydrogen) atoms. The van der Waals surface area contributed by atoms with Crippen LogP contribution in [0.1, 0.15) is 17.5 Å². The van der Waals surface area contributed by atoms with Crippen LogP contribution in [0, 0.1) is 19.7 Å². The van der Waals surface area contributed by atoms with Crippen LogP contribution in [0.25, 0.3) is 10.9 Å². The predicted octanol–water partition coefficient (Wildman–Crippen LogP) is 3.62. The van der Waals surface area contributed by atoms with Crippen LogP contribution in [0.2, 0.25) is 0 Å². The van der Waals surface area contributed by atoms with Crippen molar-refractivity contribution in [3.8, 4) is 5.75 Å². The average molecular weight is 326 g/mol. The van der Waals surface area contributed by atoms with Crippen molar-refractivity contribution >= 4 is 10.9 Å². The van der Waals surface area contributed by atoms with Crippen molar-refractivity contribution in [1.82, 2.24) is 9.55 Å². The van der Waals surface area contributed by atoms with E-state index in [1.807, 2.05) is 32.0 Å². The van der Waals surface area contributed by atoms with Crippen LogP contribution in [0.4, 0.5) is 4.39 Å². The second-order valence-corrected chi connectivity index (χ2v) is 5.88. The first-order valence-electron chi connectivity index (χ1n) is 7.89. The molecule has 124 valence electrons. The van der Waals surface area contributed by atoms with E-state index in [1.54, 1.807) is 0 Å². The lowest BCUT2D eigenvalue weighted by Gasteiger charge is -2.11. The molecule has 3 rings (SSSR count). The monoisotopic (exact) mass is 326 g/mol. The molecule has 0 aliphatic heterocycles. The van der Waals surface area contributed by atoms with Gasteiger partial charge >= 0.3 is 0 Å². The Morgan fingerprint density at radius 3 is 2.83 bits per heavy atom. The molecule has 0 radical (unpaired) electrons. The van der Waals surface area contributed by atoms with Gasteiger partial charge in [0.25, 0.3) is 5.56 Å². The normalized spacial score (nSPS) is 11.0. The third kappa shape index (κ3) is 3.45. The van der Waals surface area contributed by atoms with E-state index in [4.69, 9.17) is 4.74 Å². The van der Waals surface area contributed by atoms with Crippen molar-refractivity contribution in [2.75, 3.05) is 6.61 Å². The second-order valence-electron chi connectivity index (χ2n) is 5.88. The summed E-state index contributed by atoms with van der Waals surface area (Å²) in [6.45, 7) is 5.04. The highest BCUT2D eigenvalue weighted by Gasteiger charge is 2.05. The highest BCUT2D eigenvalue weighted by Crippen LogP contribution is 2.19. The van der Waals surface area contributed by atoms with E-state index in [2.05, 4.69) is 4.98 Å². The van der Waals surface area contributed by atoms with Crippen molar-refractivity contribution < 1.29 is 9.13 Å². The van der Waals surface area contributed by atoms with Crippen LogP contribution in [-0.4, -0.2) is 16.2 Å². The van der Waals surface area contributed by atoms with Crippen LogP contribution < -0.4 is 10.3 Å². The summed E-state index contributed by atoms with van der Waals surface area (Å²) in [5.41, 5.74) is 2.46. The van der Waals surface area contributed by atoms with Crippen molar-refractivity contribution in [2.45, 2.75) is 26.8 Å². The summed E-state index contributed by atoms with van der Waals surface area (Å²) in [6.07, 6.45) is 2.14. The molecule has 0 fully saturated rings. The van der Waals surface area contributed by atoms with Gasteiger partial charge in [0.1, 0.15) is 11.6 Å². The fourth-order valence-corrected chi connectivity index (χ4v) is 2.57. The van der Waals surface area contributed by atoms with Gasteiger partial charge in [0.2, 0.25) is 0 Å². The van der Waals surface area contributed by atoms with E-state index < -0.39 is 5.82 Å². The number of fused-ring (bicyclic) bond motifs is 1. The van der Waals surface area contributed by atoms with E-state index in [0.717, 1.165) is 16.9 Å². The molecule has 0 saturated carbocycles. The Kier molecular flexibility index (Phi) is 4.60. The van der Waals surface area contributed by atoms with Gasteiger partial charge in [-0.3, -0.25) is 9.36 Å². The molecule has 4 nitrogen and oxygen atoms in total. The predicted molar refractivity (Wildman–Crippen MR) is 92.0 cm³/mol. The van der Waals surface area contributed by atoms with Gasteiger partial charge in [0, 0.05) is 12.6 Å². The fourth-order valence-electron chi connectivity index (χ4n) is 2.57. The number of aromatic nitrogens is 2. The number of hydrogen-bond donors (Lipinski definition) is 0. The Balaban J connectivity index is 1.66. The van der Waals surface area contributed by atoms with E-state index in [9.17, 15) is 9.18 Å². The Labute approximate surface area is 139 Å². The molecule has 0 N–H and O–H groups in total. The summed E-state index contributed by atoms with van der Waals surface area (Å²) in [4.78, 5) is 16.5. The van der Waals surface area contributed by atoms with Gasteiger partial charge in [-0.05, 0) is 49.6 Å². The third-order valence-corrected chi connectivity index (χ3v) is 3.93. The van der Waals surface area contributed by atoms with Gasteiger partial charge in [-0.25, -0.2) is 9.37 Å². The largest absolute Gasteiger partial charge is 0.493 e. The quantitative estimate of drug-likeness (QED) is 0.673. The summed E-state index contributed by atoms with van der Waals surface area (Å²) in [6, 6.07) is 10.1. The first-order chi connectivity index (χ1) is 11.5. The molecule has 1 aromatic heterocycles. The molecule has 0 atom stereocenters. The molecule has 3 aromatic rings. The molecular weight excluding hydrogens is 307 g/mol. The smallest absolute Gasteiger partial charge is 0.261 e. The van der Waals surface area contributed by atoms with Crippen LogP contribution in [0.3, 0.4) is 0 Å². The van der Waals surface area contributed by atoms with Gasteiger partial charge in [-0.15, -0.1) is 0 Å². The Hall–Kier alpha value is -2.69. The van der Waals surface area contributed by atoms with Crippen LogP contribution in [-0.2, 0) is 6.54 Å². The van der Waals surface area contributed by atoms with Gasteiger partial charge in [0.15, 0.2) is 0 Å². The minimum atomic E-state index is -0.394. The maximum atomic E-state index is 13.2. The molecule has 0 bridgehead atoms. The molecule has 5 heteroatoms. The fraction of sp³-hybridized carbons (Fsp3) is 0.263. The number of ether oxygens (including phenoxy) is 1. The lowest BCUT2D eigenvalue weighted by molar-refractivity contribution is 0.299. The van der Waals surface area contributed by atoms with Crippen LogP contribution >= 0.6 is 0 Å². The Morgan fingerprint density at radius 2 is 2.00 bits per heavy atom. The number of hydrogen-bond acceptors (Lipinski definition) is 3. The van der Waals surface area contributed by atoms with Crippen molar-refractivity contribution in [3.63, 3.8) is 0 Å². The number of aryl methyl sites for hydroxylation is 3. The Morgan fingerprint density at radius 1 is 1.17 bits per heavy atom. The Bertz CT molecular complexity index is 934. The second kappa shape index (κ2) is 6.83. The van der Waals surface area contributed by atoms with Crippen LogP contribution in [0.15, 0.2) is 47.5 Å². The first-order valence-corrected chi connectivity index (χ1v) is 7.89. The third-order valence-electron chi connectivity index (χ3n) is 3.93.